The maximum absolute atomic E-state index is 17.1. The minimum absolute atomic E-state index is 0.0154. The van der Waals surface area contributed by atoms with Crippen molar-refractivity contribution in [3.8, 4) is 0 Å². The number of nitrogens with one attached hydrogen (secondary N) is 1. The molecule has 0 bridgehead atoms. The van der Waals surface area contributed by atoms with E-state index in [0.717, 1.165) is 0 Å². The third-order valence-corrected chi connectivity index (χ3v) is 10.5. The second-order valence-electron chi connectivity index (χ2n) is 11.1. The van der Waals surface area contributed by atoms with E-state index in [2.05, 4.69) is 5.32 Å². The fourth-order valence-electron chi connectivity index (χ4n) is 7.71. The Morgan fingerprint density at radius 2 is 2.00 bits per heavy atom. The molecule has 34 heavy (non-hydrogen) atoms. The molecule has 0 aromatic rings. The molecule has 0 heterocycles. The lowest BCUT2D eigenvalue weighted by Gasteiger charge is -2.62. The molecule has 4 aliphatic rings. The Bertz CT molecular complexity index is 967. The topological polar surface area (TPSA) is 104 Å². The van der Waals surface area contributed by atoms with Gasteiger partial charge in [0.05, 0.1) is 11.9 Å². The Balaban J connectivity index is 1.61. The van der Waals surface area contributed by atoms with E-state index in [1.54, 1.807) is 13.0 Å². The van der Waals surface area contributed by atoms with Crippen molar-refractivity contribution in [3.05, 3.63) is 23.8 Å². The van der Waals surface area contributed by atoms with E-state index in [0.29, 0.717) is 37.1 Å². The summed E-state index contributed by atoms with van der Waals surface area (Å²) < 4.78 is 17.1. The largest absolute Gasteiger partial charge is 0.390 e. The second-order valence-corrected chi connectivity index (χ2v) is 12.2. The molecule has 0 spiro atoms. The van der Waals surface area contributed by atoms with E-state index < -0.39 is 34.1 Å². The average Bonchev–Trinajstić information content (AvgIpc) is 2.96. The second kappa shape index (κ2) is 8.56. The third-order valence-electron chi connectivity index (χ3n) is 9.50. The molecule has 3 saturated carbocycles. The molecule has 8 atom stereocenters. The number of rotatable bonds is 6. The van der Waals surface area contributed by atoms with E-state index in [4.69, 9.17) is 0 Å². The summed E-state index contributed by atoms with van der Waals surface area (Å²) >= 11 is 1.36. The summed E-state index contributed by atoms with van der Waals surface area (Å²) in [5, 5.41) is 26.0. The number of carbonyl (C=O) groups is 3. The smallest absolute Gasteiger partial charge is 0.216 e. The molecule has 6 nitrogen and oxygen atoms in total. The van der Waals surface area contributed by atoms with E-state index in [1.807, 2.05) is 13.8 Å². The number of alkyl halides is 1. The lowest BCUT2D eigenvalue weighted by atomic mass is 9.44. The minimum Gasteiger partial charge on any atom is -0.390 e. The highest BCUT2D eigenvalue weighted by atomic mass is 32.2. The number of halogens is 1. The van der Waals surface area contributed by atoms with Gasteiger partial charge in [-0.15, -0.1) is 0 Å². The van der Waals surface area contributed by atoms with Gasteiger partial charge in [-0.2, -0.15) is 11.8 Å². The van der Waals surface area contributed by atoms with E-state index >= 15 is 4.39 Å². The van der Waals surface area contributed by atoms with Crippen LogP contribution < -0.4 is 5.32 Å². The van der Waals surface area contributed by atoms with Gasteiger partial charge in [0.25, 0.3) is 0 Å². The number of hydrogen-bond acceptors (Lipinski definition) is 6. The van der Waals surface area contributed by atoms with E-state index in [-0.39, 0.29) is 41.5 Å². The maximum atomic E-state index is 17.1. The van der Waals surface area contributed by atoms with Crippen molar-refractivity contribution in [3.63, 3.8) is 0 Å². The summed E-state index contributed by atoms with van der Waals surface area (Å²) in [4.78, 5) is 36.4. The van der Waals surface area contributed by atoms with Gasteiger partial charge in [-0.25, -0.2) is 4.39 Å². The van der Waals surface area contributed by atoms with Crippen LogP contribution in [0.4, 0.5) is 4.39 Å². The first-order valence-corrected chi connectivity index (χ1v) is 13.4. The molecule has 0 aliphatic heterocycles. The molecule has 4 rings (SSSR count). The number of allylic oxidation sites excluding steroid dienone is 4. The number of thioether (sulfide) groups is 1. The number of hydrogen-bond donors (Lipinski definition) is 3. The molecular formula is C26H36FNO5S. The van der Waals surface area contributed by atoms with Gasteiger partial charge in [-0.1, -0.05) is 25.5 Å². The van der Waals surface area contributed by atoms with Crippen LogP contribution >= 0.6 is 11.8 Å². The van der Waals surface area contributed by atoms with E-state index in [9.17, 15) is 24.6 Å². The van der Waals surface area contributed by atoms with Gasteiger partial charge in [0.15, 0.2) is 17.2 Å². The van der Waals surface area contributed by atoms with Crippen molar-refractivity contribution in [1.29, 1.82) is 0 Å². The summed E-state index contributed by atoms with van der Waals surface area (Å²) in [5.41, 5.74) is -4.95. The first-order chi connectivity index (χ1) is 15.8. The molecule has 3 fully saturated rings. The van der Waals surface area contributed by atoms with Crippen molar-refractivity contribution in [2.75, 3.05) is 18.1 Å². The molecule has 4 aliphatic carbocycles. The number of aliphatic hydroxyl groups is 2. The molecule has 3 N–H and O–H groups in total. The fourth-order valence-corrected chi connectivity index (χ4v) is 8.51. The quantitative estimate of drug-likeness (QED) is 0.492. The zero-order valence-electron chi connectivity index (χ0n) is 20.4. The van der Waals surface area contributed by atoms with Crippen LogP contribution in [0, 0.1) is 28.6 Å². The summed E-state index contributed by atoms with van der Waals surface area (Å²) in [6.45, 7) is 7.34. The zero-order chi connectivity index (χ0) is 25.1. The maximum Gasteiger partial charge on any atom is 0.216 e. The van der Waals surface area contributed by atoms with Crippen LogP contribution in [0.3, 0.4) is 0 Å². The van der Waals surface area contributed by atoms with Crippen molar-refractivity contribution in [2.45, 2.75) is 70.8 Å². The van der Waals surface area contributed by atoms with Gasteiger partial charge >= 0.3 is 0 Å². The number of aliphatic hydroxyl groups excluding tert-OH is 1. The molecule has 1 amide bonds. The van der Waals surface area contributed by atoms with Gasteiger partial charge in [-0.05, 0) is 56.6 Å². The molecule has 0 aromatic heterocycles. The van der Waals surface area contributed by atoms with Crippen LogP contribution in [-0.4, -0.2) is 63.1 Å². The molecule has 0 aromatic carbocycles. The first-order valence-electron chi connectivity index (χ1n) is 12.2. The van der Waals surface area contributed by atoms with Crippen molar-refractivity contribution < 1.29 is 29.0 Å². The first kappa shape index (κ1) is 25.6. The fraction of sp³-hybridized carbons (Fsp3) is 0.731. The van der Waals surface area contributed by atoms with Crippen molar-refractivity contribution in [1.82, 2.24) is 5.32 Å². The van der Waals surface area contributed by atoms with Crippen LogP contribution in [-0.2, 0) is 14.4 Å². The van der Waals surface area contributed by atoms with Crippen LogP contribution in [0.25, 0.3) is 0 Å². The Labute approximate surface area is 204 Å². The standard InChI is InChI=1S/C26H36FNO5S/c1-15-11-20-19-6-5-17-12-18(30)7-8-23(17,3)25(19,27)21(31)13-24(20,4)26(15,33)22(32)14-34-10-9-28-16(2)29/h7-8,12,15,19-21,31,33H,5-6,9-11,13-14H2,1-4H3,(H,28,29)/t15-,19-,20-,21-,23-,24-,25?,26-/m0/s1. The van der Waals surface area contributed by atoms with Crippen LogP contribution in [0.5, 0.6) is 0 Å². The molecule has 8 heteroatoms. The highest BCUT2D eigenvalue weighted by Gasteiger charge is 2.75. The molecule has 0 saturated heterocycles. The summed E-state index contributed by atoms with van der Waals surface area (Å²) in [7, 11) is 0. The molecular weight excluding hydrogens is 457 g/mol. The van der Waals surface area contributed by atoms with Gasteiger partial charge in [0.1, 0.15) is 5.60 Å². The predicted octanol–water partition coefficient (Wildman–Crippen LogP) is 2.77. The van der Waals surface area contributed by atoms with Crippen LogP contribution in [0.15, 0.2) is 23.8 Å². The predicted molar refractivity (Wildman–Crippen MR) is 129 cm³/mol. The number of ketones is 2. The molecule has 1 unspecified atom stereocenters. The zero-order valence-corrected chi connectivity index (χ0v) is 21.2. The van der Waals surface area contributed by atoms with Gasteiger partial charge in [0.2, 0.25) is 5.91 Å². The van der Waals surface area contributed by atoms with Crippen molar-refractivity contribution in [2.24, 2.45) is 28.6 Å². The van der Waals surface area contributed by atoms with Crippen molar-refractivity contribution >= 4 is 29.2 Å². The van der Waals surface area contributed by atoms with Gasteiger partial charge < -0.3 is 15.5 Å². The highest BCUT2D eigenvalue weighted by Crippen LogP contribution is 2.70. The molecule has 188 valence electrons. The summed E-state index contributed by atoms with van der Waals surface area (Å²) in [6, 6.07) is 0. The Morgan fingerprint density at radius 3 is 2.68 bits per heavy atom. The SMILES string of the molecule is CC(=O)NCCSCC(=O)[C@@]1(O)[C@@H](C)C[C@H]2[C@@H]3CCC4=CC(=O)C=C[C@]4(C)C3(F)[C@@H](O)C[C@@]21C. The monoisotopic (exact) mass is 493 g/mol. The van der Waals surface area contributed by atoms with Gasteiger partial charge in [0, 0.05) is 36.0 Å². The molecule has 0 radical (unpaired) electrons. The van der Waals surface area contributed by atoms with Crippen LogP contribution in [0.1, 0.15) is 53.4 Å². The van der Waals surface area contributed by atoms with Crippen LogP contribution in [0.2, 0.25) is 0 Å². The Morgan fingerprint density at radius 1 is 1.29 bits per heavy atom. The number of amides is 1. The third kappa shape index (κ3) is 3.39. The minimum atomic E-state index is -1.97. The summed E-state index contributed by atoms with van der Waals surface area (Å²) in [6.07, 6.45) is 4.66. The normalized spacial score (nSPS) is 45.1. The highest BCUT2D eigenvalue weighted by molar-refractivity contribution is 7.99. The Hall–Kier alpha value is -1.51. The van der Waals surface area contributed by atoms with Gasteiger partial charge in [-0.3, -0.25) is 14.4 Å². The lowest BCUT2D eigenvalue weighted by molar-refractivity contribution is -0.218. The van der Waals surface area contributed by atoms with E-state index in [1.165, 1.54) is 30.8 Å². The average molecular weight is 494 g/mol. The number of carbonyl (C=O) groups excluding carboxylic acids is 3. The number of Topliss-reactive ketones (excluding diaryl/α,β-unsaturated/α-hetero) is 1. The Kier molecular flexibility index (Phi) is 6.44. The summed E-state index contributed by atoms with van der Waals surface area (Å²) in [5.74, 6) is -1.09. The number of fused-ring (bicyclic) bond motifs is 5. The lowest BCUT2D eigenvalue weighted by Crippen LogP contribution is -2.69.